The Balaban J connectivity index is 2.03. The molecule has 1 aliphatic heterocycles. The molecule has 0 amide bonds. The number of amidine groups is 1. The van der Waals surface area contributed by atoms with Crippen molar-refractivity contribution in [3.63, 3.8) is 0 Å². The van der Waals surface area contributed by atoms with Gasteiger partial charge in [-0.25, -0.2) is 0 Å². The number of fused-ring (bicyclic) bond motifs is 1. The maximum absolute atomic E-state index is 5.33. The van der Waals surface area contributed by atoms with Gasteiger partial charge in [0.05, 0.1) is 31.6 Å². The Bertz CT molecular complexity index is 754. The Morgan fingerprint density at radius 1 is 1.10 bits per heavy atom. The van der Waals surface area contributed by atoms with Gasteiger partial charge < -0.3 is 14.8 Å². The molecule has 0 saturated carbocycles. The summed E-state index contributed by atoms with van der Waals surface area (Å²) in [5.41, 5.74) is 2.50. The van der Waals surface area contributed by atoms with Crippen LogP contribution in [0.2, 0.25) is 0 Å². The van der Waals surface area contributed by atoms with Crippen molar-refractivity contribution in [2.24, 2.45) is 10.2 Å². The minimum atomic E-state index is 0.619. The average Bonchev–Trinajstić information content (AvgIpc) is 2.91. The van der Waals surface area contributed by atoms with E-state index < -0.39 is 0 Å². The summed E-state index contributed by atoms with van der Waals surface area (Å²) in [6.07, 6.45) is 2.36. The van der Waals surface area contributed by atoms with E-state index in [0.29, 0.717) is 23.4 Å². The highest BCUT2D eigenvalue weighted by molar-refractivity contribution is 6.13. The maximum Gasteiger partial charge on any atom is 0.162 e. The van der Waals surface area contributed by atoms with Gasteiger partial charge in [-0.1, -0.05) is 0 Å². The molecular weight excluding hydrogens is 270 g/mol. The number of nitrogens with zero attached hydrogens (tertiary/aromatic N) is 4. The topological polar surface area (TPSA) is 81.0 Å². The Hall–Kier alpha value is -2.70. The summed E-state index contributed by atoms with van der Waals surface area (Å²) in [6, 6.07) is 3.67. The maximum atomic E-state index is 5.33. The van der Waals surface area contributed by atoms with E-state index in [9.17, 15) is 0 Å². The molecule has 0 atom stereocenters. The quantitative estimate of drug-likeness (QED) is 0.935. The Morgan fingerprint density at radius 2 is 1.86 bits per heavy atom. The number of ether oxygens (including phenoxy) is 2. The van der Waals surface area contributed by atoms with E-state index >= 15 is 0 Å². The van der Waals surface area contributed by atoms with Crippen LogP contribution in [0.3, 0.4) is 0 Å². The molecule has 0 bridgehead atoms. The van der Waals surface area contributed by atoms with Crippen molar-refractivity contribution < 1.29 is 9.47 Å². The van der Waals surface area contributed by atoms with Crippen molar-refractivity contribution in [3.05, 3.63) is 18.3 Å². The molecule has 1 aromatic carbocycles. The van der Waals surface area contributed by atoms with Crippen LogP contribution in [-0.2, 0) is 0 Å². The predicted molar refractivity (Wildman–Crippen MR) is 81.4 cm³/mol. The number of nitrogens with one attached hydrogen (secondary N) is 1. The van der Waals surface area contributed by atoms with Gasteiger partial charge in [0.25, 0.3) is 0 Å². The lowest BCUT2D eigenvalue weighted by Crippen LogP contribution is -2.12. The van der Waals surface area contributed by atoms with Crippen molar-refractivity contribution in [1.29, 1.82) is 0 Å². The third-order valence-electron chi connectivity index (χ3n) is 3.19. The van der Waals surface area contributed by atoms with Crippen LogP contribution in [-0.4, -0.2) is 36.0 Å². The molecule has 1 aliphatic rings. The molecular formula is C14H15N5O2. The summed E-state index contributed by atoms with van der Waals surface area (Å²) in [4.78, 5) is 0. The summed E-state index contributed by atoms with van der Waals surface area (Å²) in [5.74, 6) is 2.05. The summed E-state index contributed by atoms with van der Waals surface area (Å²) in [5, 5.41) is 20.3. The van der Waals surface area contributed by atoms with Gasteiger partial charge in [0.15, 0.2) is 11.5 Å². The van der Waals surface area contributed by atoms with E-state index in [0.717, 1.165) is 22.6 Å². The lowest BCUT2D eigenvalue weighted by atomic mass is 10.1. The van der Waals surface area contributed by atoms with Crippen LogP contribution >= 0.6 is 0 Å². The first-order chi connectivity index (χ1) is 10.2. The molecule has 0 aliphatic carbocycles. The van der Waals surface area contributed by atoms with E-state index in [4.69, 9.17) is 9.47 Å². The summed E-state index contributed by atoms with van der Waals surface area (Å²) >= 11 is 0. The normalized spacial score (nSPS) is 13.9. The first kappa shape index (κ1) is 13.3. The molecule has 1 aromatic heterocycles. The van der Waals surface area contributed by atoms with Crippen molar-refractivity contribution in [3.8, 4) is 11.5 Å². The van der Waals surface area contributed by atoms with Gasteiger partial charge in [-0.3, -0.25) is 0 Å². The zero-order valence-corrected chi connectivity index (χ0v) is 12.0. The number of aromatic nitrogens is 2. The number of methoxy groups -OCH3 is 2. The molecule has 0 unspecified atom stereocenters. The summed E-state index contributed by atoms with van der Waals surface area (Å²) in [7, 11) is 3.19. The average molecular weight is 285 g/mol. The van der Waals surface area contributed by atoms with Crippen LogP contribution in [0.15, 0.2) is 28.5 Å². The fourth-order valence-corrected chi connectivity index (χ4v) is 2.17. The second kappa shape index (κ2) is 5.35. The van der Waals surface area contributed by atoms with Gasteiger partial charge in [-0.05, 0) is 13.0 Å². The monoisotopic (exact) mass is 285 g/mol. The predicted octanol–water partition coefficient (Wildman–Crippen LogP) is 2.24. The molecule has 0 saturated heterocycles. The van der Waals surface area contributed by atoms with Crippen molar-refractivity contribution in [2.75, 3.05) is 19.5 Å². The number of benzene rings is 1. The van der Waals surface area contributed by atoms with Gasteiger partial charge in [0.1, 0.15) is 5.84 Å². The highest BCUT2D eigenvalue weighted by Crippen LogP contribution is 2.34. The van der Waals surface area contributed by atoms with Gasteiger partial charge in [0.2, 0.25) is 0 Å². The van der Waals surface area contributed by atoms with E-state index in [2.05, 4.69) is 25.7 Å². The number of hydrogen-bond donors (Lipinski definition) is 1. The molecule has 0 fully saturated rings. The zero-order valence-electron chi connectivity index (χ0n) is 12.0. The first-order valence-electron chi connectivity index (χ1n) is 6.45. The number of hydrogen-bond acceptors (Lipinski definition) is 7. The Labute approximate surface area is 121 Å². The molecule has 3 rings (SSSR count). The highest BCUT2D eigenvalue weighted by Gasteiger charge is 2.14. The third-order valence-corrected chi connectivity index (χ3v) is 3.19. The minimum absolute atomic E-state index is 0.619. The SMILES string of the molecule is COc1cc2nncc(NC3=NN=C(C)C3)c2cc1OC. The fourth-order valence-electron chi connectivity index (χ4n) is 2.17. The van der Waals surface area contributed by atoms with E-state index in [-0.39, 0.29) is 0 Å². The van der Waals surface area contributed by atoms with E-state index in [1.54, 1.807) is 26.5 Å². The van der Waals surface area contributed by atoms with Gasteiger partial charge in [-0.2, -0.15) is 15.3 Å². The molecule has 108 valence electrons. The smallest absolute Gasteiger partial charge is 0.162 e. The number of rotatable bonds is 3. The van der Waals surface area contributed by atoms with Crippen LogP contribution in [0.1, 0.15) is 13.3 Å². The fraction of sp³-hybridized carbons (Fsp3) is 0.286. The lowest BCUT2D eigenvalue weighted by Gasteiger charge is -2.11. The van der Waals surface area contributed by atoms with Crippen molar-refractivity contribution >= 4 is 28.1 Å². The summed E-state index contributed by atoms with van der Waals surface area (Å²) < 4.78 is 10.6. The second-order valence-electron chi connectivity index (χ2n) is 4.67. The second-order valence-corrected chi connectivity index (χ2v) is 4.67. The molecule has 7 heteroatoms. The Morgan fingerprint density at radius 3 is 2.52 bits per heavy atom. The Kier molecular flexibility index (Phi) is 3.39. The van der Waals surface area contributed by atoms with Gasteiger partial charge >= 0.3 is 0 Å². The van der Waals surface area contributed by atoms with Crippen LogP contribution in [0.25, 0.3) is 10.9 Å². The first-order valence-corrected chi connectivity index (χ1v) is 6.45. The van der Waals surface area contributed by atoms with E-state index in [1.165, 1.54) is 0 Å². The zero-order chi connectivity index (χ0) is 14.8. The van der Waals surface area contributed by atoms with Crippen LogP contribution < -0.4 is 14.8 Å². The largest absolute Gasteiger partial charge is 0.493 e. The summed E-state index contributed by atoms with van der Waals surface area (Å²) in [6.45, 7) is 1.94. The molecule has 0 spiro atoms. The van der Waals surface area contributed by atoms with Crippen molar-refractivity contribution in [2.45, 2.75) is 13.3 Å². The number of anilines is 1. The molecule has 0 radical (unpaired) electrons. The van der Waals surface area contributed by atoms with Crippen LogP contribution in [0.5, 0.6) is 11.5 Å². The third kappa shape index (κ3) is 2.49. The van der Waals surface area contributed by atoms with Crippen LogP contribution in [0.4, 0.5) is 5.69 Å². The van der Waals surface area contributed by atoms with Gasteiger partial charge in [-0.15, -0.1) is 5.10 Å². The molecule has 7 nitrogen and oxygen atoms in total. The van der Waals surface area contributed by atoms with Crippen molar-refractivity contribution in [1.82, 2.24) is 10.2 Å². The molecule has 2 heterocycles. The molecule has 21 heavy (non-hydrogen) atoms. The molecule has 2 aromatic rings. The van der Waals surface area contributed by atoms with Crippen LogP contribution in [0, 0.1) is 0 Å². The van der Waals surface area contributed by atoms with Gasteiger partial charge in [0, 0.05) is 23.6 Å². The van der Waals surface area contributed by atoms with E-state index in [1.807, 2.05) is 13.0 Å². The molecule has 1 N–H and O–H groups in total. The standard InChI is InChI=1S/C14H15N5O2/c1-8-4-14(19-17-8)16-11-7-15-18-10-6-13(21-3)12(20-2)5-9(10)11/h5-7H,4H2,1-3H3,(H,16,18,19). The highest BCUT2D eigenvalue weighted by atomic mass is 16.5. The lowest BCUT2D eigenvalue weighted by molar-refractivity contribution is 0.356. The minimum Gasteiger partial charge on any atom is -0.493 e.